The minimum absolute atomic E-state index is 0.0122. The van der Waals surface area contributed by atoms with Gasteiger partial charge in [0.1, 0.15) is 33.4 Å². The number of halogens is 8. The van der Waals surface area contributed by atoms with Crippen LogP contribution in [-0.4, -0.2) is 21.8 Å². The summed E-state index contributed by atoms with van der Waals surface area (Å²) in [5, 5.41) is 9.99. The molecule has 0 amide bonds. The van der Waals surface area contributed by atoms with Gasteiger partial charge in [-0.05, 0) is 47.1 Å². The molecule has 3 aromatic rings. The van der Waals surface area contributed by atoms with Gasteiger partial charge < -0.3 is 10.4 Å². The highest BCUT2D eigenvalue weighted by Gasteiger charge is 2.38. The van der Waals surface area contributed by atoms with E-state index < -0.39 is 46.7 Å². The Morgan fingerprint density at radius 1 is 1.03 bits per heavy atom. The number of aryl methyl sites for hydroxylation is 1. The average molecular weight is 555 g/mol. The van der Waals surface area contributed by atoms with Crippen LogP contribution in [0.3, 0.4) is 0 Å². The topological polar surface area (TPSA) is 71.3 Å². The number of carboxylic acids is 1. The molecule has 0 aliphatic carbocycles. The van der Waals surface area contributed by atoms with Crippen molar-refractivity contribution in [1.82, 2.24) is 4.57 Å². The summed E-state index contributed by atoms with van der Waals surface area (Å²) >= 11 is 3.12. The van der Waals surface area contributed by atoms with Crippen molar-refractivity contribution in [3.8, 4) is 5.69 Å². The molecule has 0 aliphatic rings. The van der Waals surface area contributed by atoms with Crippen LogP contribution in [0.2, 0.25) is 0 Å². The smallest absolute Gasteiger partial charge is 0.475 e. The molecule has 0 spiro atoms. The Morgan fingerprint density at radius 3 is 2.09 bits per heavy atom. The number of nitrogens with zero attached hydrogens (tertiary/aromatic N) is 1. The van der Waals surface area contributed by atoms with E-state index in [1.807, 2.05) is 0 Å². The van der Waals surface area contributed by atoms with Gasteiger partial charge in [0.05, 0.1) is 5.69 Å². The maximum absolute atomic E-state index is 14.1. The number of rotatable bonds is 4. The number of pyridine rings is 1. The van der Waals surface area contributed by atoms with Crippen molar-refractivity contribution in [3.63, 3.8) is 0 Å². The number of para-hydroxylation sites is 1. The molecule has 0 atom stereocenters. The van der Waals surface area contributed by atoms with E-state index in [2.05, 4.69) is 21.2 Å². The number of hydrogen-bond donors (Lipinski definition) is 2. The summed E-state index contributed by atoms with van der Waals surface area (Å²) in [7, 11) is 0. The summed E-state index contributed by atoms with van der Waals surface area (Å²) in [6, 6.07) is 7.99. The van der Waals surface area contributed by atoms with Crippen molar-refractivity contribution >= 4 is 27.6 Å². The van der Waals surface area contributed by atoms with Crippen LogP contribution in [-0.2, 0) is 11.3 Å². The lowest BCUT2D eigenvalue weighted by molar-refractivity contribution is -0.192. The first-order valence-corrected chi connectivity index (χ1v) is 9.87. The van der Waals surface area contributed by atoms with E-state index in [0.717, 1.165) is 28.8 Å². The molecular formula is C21H14BrF7N2O3. The number of aliphatic carboxylic acids is 1. The molecule has 3 rings (SSSR count). The van der Waals surface area contributed by atoms with Crippen LogP contribution >= 0.6 is 15.9 Å². The van der Waals surface area contributed by atoms with Crippen LogP contribution in [0, 0.1) is 30.2 Å². The van der Waals surface area contributed by atoms with Crippen LogP contribution in [0.25, 0.3) is 5.69 Å². The highest BCUT2D eigenvalue weighted by molar-refractivity contribution is 9.10. The third-order valence-corrected chi connectivity index (χ3v) is 4.99. The fourth-order valence-corrected chi connectivity index (χ4v) is 3.11. The molecule has 1 heterocycles. The van der Waals surface area contributed by atoms with Crippen molar-refractivity contribution in [2.24, 2.45) is 0 Å². The monoisotopic (exact) mass is 554 g/mol. The molecular weight excluding hydrogens is 541 g/mol. The lowest BCUT2D eigenvalue weighted by atomic mass is 10.2. The molecule has 13 heteroatoms. The Bertz CT molecular complexity index is 1260. The number of aromatic nitrogens is 1. The molecule has 1 aromatic heterocycles. The van der Waals surface area contributed by atoms with Gasteiger partial charge in [-0.3, -0.25) is 9.36 Å². The van der Waals surface area contributed by atoms with Crippen molar-refractivity contribution < 1.29 is 40.6 Å². The van der Waals surface area contributed by atoms with Crippen LogP contribution in [0.15, 0.2) is 51.7 Å². The summed E-state index contributed by atoms with van der Waals surface area (Å²) in [4.78, 5) is 21.6. The van der Waals surface area contributed by atoms with E-state index in [0.29, 0.717) is 5.69 Å². The Hall–Kier alpha value is -3.35. The highest BCUT2D eigenvalue weighted by atomic mass is 79.9. The Labute approximate surface area is 195 Å². The number of anilines is 1. The molecule has 0 saturated heterocycles. The number of benzene rings is 2. The molecule has 2 aromatic carbocycles. The number of nitrogens with one attached hydrogen (secondary N) is 1. The molecule has 34 heavy (non-hydrogen) atoms. The minimum atomic E-state index is -5.08. The van der Waals surface area contributed by atoms with Crippen LogP contribution in [0.5, 0.6) is 0 Å². The Balaban J connectivity index is 0.000000509. The van der Waals surface area contributed by atoms with E-state index in [1.165, 1.54) is 25.1 Å². The first-order valence-electron chi connectivity index (χ1n) is 9.08. The first kappa shape index (κ1) is 26.9. The molecule has 0 radical (unpaired) electrons. The number of hydrogen-bond acceptors (Lipinski definition) is 3. The van der Waals surface area contributed by atoms with Gasteiger partial charge in [0, 0.05) is 23.9 Å². The average Bonchev–Trinajstić information content (AvgIpc) is 2.72. The lowest BCUT2D eigenvalue weighted by Crippen LogP contribution is -2.24. The van der Waals surface area contributed by atoms with Gasteiger partial charge in [0.2, 0.25) is 0 Å². The van der Waals surface area contributed by atoms with Crippen LogP contribution < -0.4 is 10.9 Å². The van der Waals surface area contributed by atoms with E-state index in [4.69, 9.17) is 9.90 Å². The SMILES string of the molecule is Cc1cc(NCc2ccc(F)cc2F)c(Br)c(=O)n1-c1c(F)cccc1F.O=C(O)C(F)(F)F. The maximum atomic E-state index is 14.1. The van der Waals surface area contributed by atoms with Crippen molar-refractivity contribution in [2.75, 3.05) is 5.32 Å². The van der Waals surface area contributed by atoms with E-state index in [-0.39, 0.29) is 22.3 Å². The van der Waals surface area contributed by atoms with Gasteiger partial charge in [-0.2, -0.15) is 13.2 Å². The second-order valence-corrected chi connectivity index (χ2v) is 7.41. The molecule has 0 fully saturated rings. The number of alkyl halides is 3. The Morgan fingerprint density at radius 2 is 1.59 bits per heavy atom. The van der Waals surface area contributed by atoms with E-state index in [1.54, 1.807) is 0 Å². The molecule has 0 bridgehead atoms. The summed E-state index contributed by atoms with van der Waals surface area (Å²) in [5.74, 6) is -5.92. The van der Waals surface area contributed by atoms with Gasteiger partial charge in [-0.25, -0.2) is 22.4 Å². The van der Waals surface area contributed by atoms with E-state index >= 15 is 0 Å². The summed E-state index contributed by atoms with van der Waals surface area (Å²) in [6.45, 7) is 1.51. The van der Waals surface area contributed by atoms with Gasteiger partial charge in [0.15, 0.2) is 0 Å². The van der Waals surface area contributed by atoms with Gasteiger partial charge in [0.25, 0.3) is 5.56 Å². The predicted molar refractivity (Wildman–Crippen MR) is 112 cm³/mol. The maximum Gasteiger partial charge on any atom is 0.490 e. The normalized spacial score (nSPS) is 11.0. The van der Waals surface area contributed by atoms with Crippen LogP contribution in [0.1, 0.15) is 11.3 Å². The van der Waals surface area contributed by atoms with E-state index in [9.17, 15) is 35.5 Å². The molecule has 2 N–H and O–H groups in total. The standard InChI is InChI=1S/C19H13BrF4N2O.C2HF3O2/c1-10-7-16(25-9-11-5-6-12(21)8-15(11)24)17(20)19(27)26(10)18-13(22)3-2-4-14(18)23;3-2(4,5)1(6)7/h2-8,25H,9H2,1H3;(H,6,7). The predicted octanol–water partition coefficient (Wildman–Crippen LogP) is 5.71. The minimum Gasteiger partial charge on any atom is -0.475 e. The van der Waals surface area contributed by atoms with Crippen molar-refractivity contribution in [1.29, 1.82) is 0 Å². The number of carbonyl (C=O) groups is 1. The molecule has 182 valence electrons. The first-order chi connectivity index (χ1) is 15.7. The molecule has 5 nitrogen and oxygen atoms in total. The fraction of sp³-hybridized carbons (Fsp3) is 0.143. The second kappa shape index (κ2) is 10.7. The summed E-state index contributed by atoms with van der Waals surface area (Å²) < 4.78 is 87.5. The largest absolute Gasteiger partial charge is 0.490 e. The fourth-order valence-electron chi connectivity index (χ4n) is 2.68. The zero-order chi connectivity index (χ0) is 25.8. The summed E-state index contributed by atoms with van der Waals surface area (Å²) in [6.07, 6.45) is -5.08. The quantitative estimate of drug-likeness (QED) is 0.405. The highest BCUT2D eigenvalue weighted by Crippen LogP contribution is 2.25. The lowest BCUT2D eigenvalue weighted by Gasteiger charge is -2.16. The third-order valence-electron chi connectivity index (χ3n) is 4.22. The van der Waals surface area contributed by atoms with Gasteiger partial charge >= 0.3 is 12.1 Å². The third kappa shape index (κ3) is 6.37. The van der Waals surface area contributed by atoms with Gasteiger partial charge in [-0.15, -0.1) is 0 Å². The zero-order valence-electron chi connectivity index (χ0n) is 17.0. The summed E-state index contributed by atoms with van der Waals surface area (Å²) in [5.41, 5.74) is -0.369. The van der Waals surface area contributed by atoms with Crippen LogP contribution in [0.4, 0.5) is 36.4 Å². The number of carboxylic acid groups (broad SMARTS) is 1. The molecule has 0 unspecified atom stereocenters. The van der Waals surface area contributed by atoms with Crippen molar-refractivity contribution in [3.05, 3.63) is 91.8 Å². The second-order valence-electron chi connectivity index (χ2n) is 6.62. The zero-order valence-corrected chi connectivity index (χ0v) is 18.6. The Kier molecular flexibility index (Phi) is 8.48. The van der Waals surface area contributed by atoms with Gasteiger partial charge in [-0.1, -0.05) is 12.1 Å². The van der Waals surface area contributed by atoms with Crippen molar-refractivity contribution in [2.45, 2.75) is 19.6 Å². The molecule has 0 aliphatic heterocycles. The molecule has 0 saturated carbocycles.